The van der Waals surface area contributed by atoms with Crippen molar-refractivity contribution in [3.8, 4) is 10.7 Å². The highest BCUT2D eigenvalue weighted by Crippen LogP contribution is 2.27. The van der Waals surface area contributed by atoms with E-state index in [1.807, 2.05) is 11.4 Å². The highest BCUT2D eigenvalue weighted by atomic mass is 79.9. The van der Waals surface area contributed by atoms with Crippen molar-refractivity contribution in [2.24, 2.45) is 5.92 Å². The minimum Gasteiger partial charge on any atom is -0.353 e. The zero-order valence-electron chi connectivity index (χ0n) is 12.8. The molecule has 0 aliphatic carbocycles. The number of hydrogen-bond donors (Lipinski definition) is 2. The quantitative estimate of drug-likeness (QED) is 0.808. The van der Waals surface area contributed by atoms with Gasteiger partial charge in [-0.1, -0.05) is 12.1 Å². The van der Waals surface area contributed by atoms with Gasteiger partial charge in [0, 0.05) is 28.7 Å². The van der Waals surface area contributed by atoms with Gasteiger partial charge in [-0.3, -0.25) is 4.79 Å². The summed E-state index contributed by atoms with van der Waals surface area (Å²) in [5.41, 5.74) is 0. The van der Waals surface area contributed by atoms with Gasteiger partial charge in [0.15, 0.2) is 0 Å². The van der Waals surface area contributed by atoms with Gasteiger partial charge in [0.1, 0.15) is 0 Å². The van der Waals surface area contributed by atoms with Crippen molar-refractivity contribution in [1.29, 1.82) is 0 Å². The third-order valence-corrected chi connectivity index (χ3v) is 5.64. The maximum atomic E-state index is 12.1. The largest absolute Gasteiger partial charge is 0.353 e. The summed E-state index contributed by atoms with van der Waals surface area (Å²) < 4.78 is 6.23. The molecule has 1 fully saturated rings. The van der Waals surface area contributed by atoms with E-state index in [-0.39, 0.29) is 11.9 Å². The summed E-state index contributed by atoms with van der Waals surface area (Å²) in [6.07, 6.45) is 1.81. The van der Waals surface area contributed by atoms with E-state index in [1.54, 1.807) is 11.3 Å². The molecule has 3 rings (SSSR count). The Balaban J connectivity index is 1.50. The lowest BCUT2D eigenvalue weighted by Gasteiger charge is -2.30. The van der Waals surface area contributed by atoms with Gasteiger partial charge in [-0.2, -0.15) is 4.98 Å². The average Bonchev–Trinajstić information content (AvgIpc) is 3.16. The van der Waals surface area contributed by atoms with Crippen LogP contribution >= 0.6 is 27.3 Å². The van der Waals surface area contributed by atoms with Gasteiger partial charge in [0.25, 0.3) is 0 Å². The molecule has 1 aliphatic heterocycles. The van der Waals surface area contributed by atoms with Crippen LogP contribution in [0.3, 0.4) is 0 Å². The number of hydrogen-bond acceptors (Lipinski definition) is 6. The molecule has 0 bridgehead atoms. The fourth-order valence-corrected chi connectivity index (χ4v) is 3.97. The number of halogens is 1. The molecule has 3 heterocycles. The van der Waals surface area contributed by atoms with E-state index < -0.39 is 0 Å². The maximum Gasteiger partial charge on any atom is 0.227 e. The summed E-state index contributed by atoms with van der Waals surface area (Å²) in [6, 6.07) is 2.20. The first kappa shape index (κ1) is 16.6. The SMILES string of the molecule is CC1CNCCC1NC(=O)CCc1nc(-c2cc(Br)cs2)no1. The first-order chi connectivity index (χ1) is 11.1. The van der Waals surface area contributed by atoms with Gasteiger partial charge in [0.05, 0.1) is 4.88 Å². The van der Waals surface area contributed by atoms with E-state index in [0.29, 0.717) is 30.5 Å². The minimum absolute atomic E-state index is 0.0439. The average molecular weight is 399 g/mol. The van der Waals surface area contributed by atoms with Crippen LogP contribution in [0.2, 0.25) is 0 Å². The third-order valence-electron chi connectivity index (χ3n) is 3.95. The summed E-state index contributed by atoms with van der Waals surface area (Å²) in [6.45, 7) is 4.06. The Bertz CT molecular complexity index is 672. The van der Waals surface area contributed by atoms with Crippen molar-refractivity contribution >= 4 is 33.2 Å². The highest BCUT2D eigenvalue weighted by Gasteiger charge is 2.22. The summed E-state index contributed by atoms with van der Waals surface area (Å²) >= 11 is 4.95. The lowest BCUT2D eigenvalue weighted by molar-refractivity contribution is -0.122. The second kappa shape index (κ2) is 7.55. The van der Waals surface area contributed by atoms with Gasteiger partial charge >= 0.3 is 0 Å². The zero-order valence-corrected chi connectivity index (χ0v) is 15.2. The molecule has 1 amide bonds. The standard InChI is InChI=1S/C15H19BrN4O2S/c1-9-7-17-5-4-11(9)18-13(21)2-3-14-19-15(20-22-14)12-6-10(16)8-23-12/h6,8-9,11,17H,2-5,7H2,1H3,(H,18,21). The molecule has 2 atom stereocenters. The molecule has 23 heavy (non-hydrogen) atoms. The zero-order chi connectivity index (χ0) is 16.2. The van der Waals surface area contributed by atoms with E-state index in [2.05, 4.69) is 43.6 Å². The van der Waals surface area contributed by atoms with Crippen LogP contribution in [-0.4, -0.2) is 35.2 Å². The molecular weight excluding hydrogens is 380 g/mol. The Hall–Kier alpha value is -1.25. The Morgan fingerprint density at radius 3 is 3.22 bits per heavy atom. The van der Waals surface area contributed by atoms with E-state index in [1.165, 1.54) is 0 Å². The molecule has 0 aromatic carbocycles. The normalized spacial score (nSPS) is 21.3. The monoisotopic (exact) mass is 398 g/mol. The van der Waals surface area contributed by atoms with Gasteiger partial charge in [-0.05, 0) is 47.4 Å². The predicted octanol–water partition coefficient (Wildman–Crippen LogP) is 2.61. The van der Waals surface area contributed by atoms with E-state index in [9.17, 15) is 4.79 Å². The number of amides is 1. The number of carbonyl (C=O) groups excluding carboxylic acids is 1. The second-order valence-electron chi connectivity index (χ2n) is 5.78. The fourth-order valence-electron chi connectivity index (χ4n) is 2.61. The van der Waals surface area contributed by atoms with Crippen LogP contribution in [0.25, 0.3) is 10.7 Å². The molecule has 2 aromatic rings. The van der Waals surface area contributed by atoms with Crippen LogP contribution in [-0.2, 0) is 11.2 Å². The first-order valence-electron chi connectivity index (χ1n) is 7.69. The minimum atomic E-state index is 0.0439. The van der Waals surface area contributed by atoms with Gasteiger partial charge < -0.3 is 15.2 Å². The van der Waals surface area contributed by atoms with Gasteiger partial charge in [0.2, 0.25) is 17.6 Å². The molecule has 8 heteroatoms. The summed E-state index contributed by atoms with van der Waals surface area (Å²) in [5.74, 6) is 1.57. The Labute approximate surface area is 147 Å². The van der Waals surface area contributed by atoms with E-state index >= 15 is 0 Å². The van der Waals surface area contributed by atoms with Gasteiger partial charge in [-0.25, -0.2) is 0 Å². The molecule has 1 aliphatic rings. The Kier molecular flexibility index (Phi) is 5.45. The van der Waals surface area contributed by atoms with Crippen LogP contribution in [0, 0.1) is 5.92 Å². The number of aromatic nitrogens is 2. The molecule has 0 saturated carbocycles. The molecular formula is C15H19BrN4O2S. The lowest BCUT2D eigenvalue weighted by atomic mass is 9.95. The van der Waals surface area contributed by atoms with Crippen LogP contribution in [0.5, 0.6) is 0 Å². The van der Waals surface area contributed by atoms with Gasteiger partial charge in [-0.15, -0.1) is 11.3 Å². The Morgan fingerprint density at radius 2 is 2.48 bits per heavy atom. The van der Waals surface area contributed by atoms with Crippen molar-refractivity contribution < 1.29 is 9.32 Å². The Morgan fingerprint density at radius 1 is 1.61 bits per heavy atom. The van der Waals surface area contributed by atoms with Crippen LogP contribution in [0.15, 0.2) is 20.4 Å². The molecule has 1 saturated heterocycles. The van der Waals surface area contributed by atoms with Crippen molar-refractivity contribution in [3.63, 3.8) is 0 Å². The smallest absolute Gasteiger partial charge is 0.227 e. The molecule has 2 unspecified atom stereocenters. The lowest BCUT2D eigenvalue weighted by Crippen LogP contribution is -2.48. The van der Waals surface area contributed by atoms with Crippen LogP contribution in [0.4, 0.5) is 0 Å². The molecule has 0 spiro atoms. The summed E-state index contributed by atoms with van der Waals surface area (Å²) in [7, 11) is 0. The number of thiophene rings is 1. The third kappa shape index (κ3) is 4.39. The second-order valence-corrected chi connectivity index (χ2v) is 7.61. The van der Waals surface area contributed by atoms with Crippen molar-refractivity contribution in [1.82, 2.24) is 20.8 Å². The van der Waals surface area contributed by atoms with Crippen LogP contribution < -0.4 is 10.6 Å². The number of carbonyl (C=O) groups is 1. The predicted molar refractivity (Wildman–Crippen MR) is 92.2 cm³/mol. The molecule has 2 aromatic heterocycles. The molecule has 6 nitrogen and oxygen atoms in total. The van der Waals surface area contributed by atoms with E-state index in [0.717, 1.165) is 28.9 Å². The highest BCUT2D eigenvalue weighted by molar-refractivity contribution is 9.10. The molecule has 124 valence electrons. The van der Waals surface area contributed by atoms with Crippen molar-refractivity contribution in [2.45, 2.75) is 32.2 Å². The van der Waals surface area contributed by atoms with Crippen molar-refractivity contribution in [3.05, 3.63) is 21.8 Å². The molecule has 2 N–H and O–H groups in total. The number of rotatable bonds is 5. The number of aryl methyl sites for hydroxylation is 1. The number of nitrogens with zero attached hydrogens (tertiary/aromatic N) is 2. The van der Waals surface area contributed by atoms with Crippen LogP contribution in [0.1, 0.15) is 25.7 Å². The topological polar surface area (TPSA) is 80.0 Å². The number of piperidine rings is 1. The van der Waals surface area contributed by atoms with Crippen molar-refractivity contribution in [2.75, 3.05) is 13.1 Å². The first-order valence-corrected chi connectivity index (χ1v) is 9.36. The summed E-state index contributed by atoms with van der Waals surface area (Å²) in [4.78, 5) is 17.4. The maximum absolute atomic E-state index is 12.1. The summed E-state index contributed by atoms with van der Waals surface area (Å²) in [5, 5.41) is 12.4. The van der Waals surface area contributed by atoms with E-state index in [4.69, 9.17) is 4.52 Å². The number of nitrogens with one attached hydrogen (secondary N) is 2. The molecule has 0 radical (unpaired) electrons. The fraction of sp³-hybridized carbons (Fsp3) is 0.533.